The normalized spacial score (nSPS) is 11.2. The Labute approximate surface area is 137 Å². The molecule has 0 aliphatic rings. The molecule has 2 heterocycles. The maximum atomic E-state index is 5.94. The number of alkyl halides is 1. The van der Waals surface area contributed by atoms with Gasteiger partial charge in [-0.1, -0.05) is 12.1 Å². The summed E-state index contributed by atoms with van der Waals surface area (Å²) in [5.41, 5.74) is 5.27. The van der Waals surface area contributed by atoms with E-state index < -0.39 is 0 Å². The van der Waals surface area contributed by atoms with Crippen LogP contribution in [0, 0.1) is 13.8 Å². The Morgan fingerprint density at radius 2 is 2.05 bits per heavy atom. The van der Waals surface area contributed by atoms with Gasteiger partial charge in [-0.05, 0) is 53.0 Å². The number of aromatic nitrogens is 3. The van der Waals surface area contributed by atoms with Crippen LogP contribution in [0.2, 0.25) is 0 Å². The van der Waals surface area contributed by atoms with Gasteiger partial charge in [0.2, 0.25) is 0 Å². The Morgan fingerprint density at radius 1 is 1.24 bits per heavy atom. The molecule has 3 rings (SSSR count). The molecule has 0 unspecified atom stereocenters. The average molecular weight is 365 g/mol. The lowest BCUT2D eigenvalue weighted by molar-refractivity contribution is 0.899. The first-order valence-electron chi connectivity index (χ1n) is 6.76. The molecule has 0 atom stereocenters. The summed E-state index contributed by atoms with van der Waals surface area (Å²) in [5.74, 6) is 1.48. The highest BCUT2D eigenvalue weighted by Gasteiger charge is 2.15. The summed E-state index contributed by atoms with van der Waals surface area (Å²) in [7, 11) is 0. The minimum absolute atomic E-state index is 0.537. The van der Waals surface area contributed by atoms with Crippen molar-refractivity contribution >= 4 is 38.7 Å². The highest BCUT2D eigenvalue weighted by molar-refractivity contribution is 9.10. The second-order valence-corrected chi connectivity index (χ2v) is 6.38. The summed E-state index contributed by atoms with van der Waals surface area (Å²) < 4.78 is 3.05. The fourth-order valence-corrected chi connectivity index (χ4v) is 2.94. The standard InChI is InChI=1S/C16H15BrClN3/c1-10-3-4-11(2)14(7-10)21-15(5-6-18)20-13-8-12(17)9-19-16(13)21/h3-4,7-9H,5-6H2,1-2H3. The number of imidazole rings is 1. The van der Waals surface area contributed by atoms with E-state index in [1.807, 2.05) is 6.07 Å². The molecule has 0 spiro atoms. The van der Waals surface area contributed by atoms with E-state index in [1.165, 1.54) is 11.1 Å². The number of hydrogen-bond acceptors (Lipinski definition) is 2. The first kappa shape index (κ1) is 14.5. The topological polar surface area (TPSA) is 30.7 Å². The molecule has 3 nitrogen and oxygen atoms in total. The molecule has 0 aliphatic carbocycles. The third-order valence-electron chi connectivity index (χ3n) is 3.46. The number of hydrogen-bond donors (Lipinski definition) is 0. The summed E-state index contributed by atoms with van der Waals surface area (Å²) in [6.45, 7) is 4.19. The number of nitrogens with zero attached hydrogens (tertiary/aromatic N) is 3. The molecular formula is C16H15BrClN3. The Bertz CT molecular complexity index is 811. The third kappa shape index (κ3) is 2.70. The molecule has 108 valence electrons. The van der Waals surface area contributed by atoms with E-state index >= 15 is 0 Å². The van der Waals surface area contributed by atoms with E-state index in [0.29, 0.717) is 12.3 Å². The molecule has 0 radical (unpaired) electrons. The van der Waals surface area contributed by atoms with Gasteiger partial charge in [0.25, 0.3) is 0 Å². The van der Waals surface area contributed by atoms with Crippen molar-refractivity contribution in [2.75, 3.05) is 5.88 Å². The van der Waals surface area contributed by atoms with Crippen LogP contribution in [0.3, 0.4) is 0 Å². The van der Waals surface area contributed by atoms with Crippen molar-refractivity contribution in [3.05, 3.63) is 51.9 Å². The van der Waals surface area contributed by atoms with Gasteiger partial charge in [0.05, 0.1) is 5.69 Å². The van der Waals surface area contributed by atoms with Gasteiger partial charge < -0.3 is 0 Å². The van der Waals surface area contributed by atoms with Gasteiger partial charge in [-0.15, -0.1) is 11.6 Å². The summed E-state index contributed by atoms with van der Waals surface area (Å²) in [5, 5.41) is 0. The van der Waals surface area contributed by atoms with Crippen molar-refractivity contribution in [1.82, 2.24) is 14.5 Å². The lowest BCUT2D eigenvalue weighted by atomic mass is 10.1. The zero-order valence-electron chi connectivity index (χ0n) is 11.9. The zero-order valence-corrected chi connectivity index (χ0v) is 14.2. The first-order chi connectivity index (χ1) is 10.1. The minimum Gasteiger partial charge on any atom is -0.280 e. The molecule has 0 saturated heterocycles. The van der Waals surface area contributed by atoms with Crippen molar-refractivity contribution in [3.63, 3.8) is 0 Å². The Morgan fingerprint density at radius 3 is 2.81 bits per heavy atom. The highest BCUT2D eigenvalue weighted by atomic mass is 79.9. The lowest BCUT2D eigenvalue weighted by Crippen LogP contribution is -2.05. The molecule has 3 aromatic rings. The van der Waals surface area contributed by atoms with Crippen LogP contribution in [-0.4, -0.2) is 20.4 Å². The predicted molar refractivity (Wildman–Crippen MR) is 90.5 cm³/mol. The van der Waals surface area contributed by atoms with Crippen molar-refractivity contribution in [2.45, 2.75) is 20.3 Å². The average Bonchev–Trinajstić information content (AvgIpc) is 2.79. The maximum Gasteiger partial charge on any atom is 0.164 e. The van der Waals surface area contributed by atoms with Crippen molar-refractivity contribution < 1.29 is 0 Å². The van der Waals surface area contributed by atoms with Crippen LogP contribution in [0.5, 0.6) is 0 Å². The molecule has 0 amide bonds. The summed E-state index contributed by atoms with van der Waals surface area (Å²) in [6, 6.07) is 8.39. The van der Waals surface area contributed by atoms with Crippen LogP contribution in [-0.2, 0) is 6.42 Å². The van der Waals surface area contributed by atoms with Crippen LogP contribution in [0.15, 0.2) is 34.9 Å². The van der Waals surface area contributed by atoms with E-state index in [0.717, 1.165) is 27.1 Å². The number of rotatable bonds is 3. The number of fused-ring (bicyclic) bond motifs is 1. The van der Waals surface area contributed by atoms with Gasteiger partial charge in [-0.25, -0.2) is 9.97 Å². The Balaban J connectivity index is 2.33. The summed E-state index contributed by atoms with van der Waals surface area (Å²) in [6.07, 6.45) is 2.51. The SMILES string of the molecule is Cc1ccc(C)c(-n2c(CCCl)nc3cc(Br)cnc32)c1. The summed E-state index contributed by atoms with van der Waals surface area (Å²) in [4.78, 5) is 9.24. The maximum absolute atomic E-state index is 5.94. The van der Waals surface area contributed by atoms with E-state index in [-0.39, 0.29) is 0 Å². The quantitative estimate of drug-likeness (QED) is 0.637. The second-order valence-electron chi connectivity index (χ2n) is 5.09. The first-order valence-corrected chi connectivity index (χ1v) is 8.09. The zero-order chi connectivity index (χ0) is 15.0. The van der Waals surface area contributed by atoms with Gasteiger partial charge in [-0.3, -0.25) is 4.57 Å². The Hall–Kier alpha value is -1.39. The largest absolute Gasteiger partial charge is 0.280 e. The molecule has 21 heavy (non-hydrogen) atoms. The predicted octanol–water partition coefficient (Wildman–Crippen LogP) is 4.58. The van der Waals surface area contributed by atoms with Crippen LogP contribution in [0.1, 0.15) is 17.0 Å². The van der Waals surface area contributed by atoms with Crippen molar-refractivity contribution in [2.24, 2.45) is 0 Å². The van der Waals surface area contributed by atoms with E-state index in [2.05, 4.69) is 57.5 Å². The van der Waals surface area contributed by atoms with Gasteiger partial charge in [0, 0.05) is 23.0 Å². The monoisotopic (exact) mass is 363 g/mol. The van der Waals surface area contributed by atoms with Crippen LogP contribution < -0.4 is 0 Å². The molecule has 0 aliphatic heterocycles. The molecule has 0 saturated carbocycles. The van der Waals surface area contributed by atoms with Gasteiger partial charge in [-0.2, -0.15) is 0 Å². The Kier molecular flexibility index (Phi) is 4.00. The molecule has 1 aromatic carbocycles. The van der Waals surface area contributed by atoms with Crippen LogP contribution >= 0.6 is 27.5 Å². The smallest absolute Gasteiger partial charge is 0.164 e. The van der Waals surface area contributed by atoms with Crippen LogP contribution in [0.25, 0.3) is 16.9 Å². The van der Waals surface area contributed by atoms with E-state index in [4.69, 9.17) is 16.6 Å². The van der Waals surface area contributed by atoms with Crippen molar-refractivity contribution in [1.29, 1.82) is 0 Å². The van der Waals surface area contributed by atoms with E-state index in [1.54, 1.807) is 6.20 Å². The van der Waals surface area contributed by atoms with Gasteiger partial charge >= 0.3 is 0 Å². The fraction of sp³-hybridized carbons (Fsp3) is 0.250. The minimum atomic E-state index is 0.537. The third-order valence-corrected chi connectivity index (χ3v) is 4.08. The molecule has 0 bridgehead atoms. The van der Waals surface area contributed by atoms with Gasteiger partial charge in [0.15, 0.2) is 5.65 Å². The van der Waals surface area contributed by atoms with Crippen LogP contribution in [0.4, 0.5) is 0 Å². The van der Waals surface area contributed by atoms with E-state index in [9.17, 15) is 0 Å². The molecule has 0 fully saturated rings. The number of pyridine rings is 1. The lowest BCUT2D eigenvalue weighted by Gasteiger charge is -2.12. The number of aryl methyl sites for hydroxylation is 3. The number of halogens is 2. The van der Waals surface area contributed by atoms with Gasteiger partial charge in [0.1, 0.15) is 11.3 Å². The molecular weight excluding hydrogens is 350 g/mol. The molecule has 2 aromatic heterocycles. The molecule has 0 N–H and O–H groups in total. The second kappa shape index (κ2) is 5.78. The number of benzene rings is 1. The highest BCUT2D eigenvalue weighted by Crippen LogP contribution is 2.25. The van der Waals surface area contributed by atoms with Crippen molar-refractivity contribution in [3.8, 4) is 5.69 Å². The molecule has 5 heteroatoms. The summed E-state index contributed by atoms with van der Waals surface area (Å²) >= 11 is 9.39. The fourth-order valence-electron chi connectivity index (χ4n) is 2.45.